The number of carbonyl (C=O) groups is 1. The molecular weight excluding hydrogens is 425 g/mol. The molecule has 0 radical (unpaired) electrons. The molecule has 28 heavy (non-hydrogen) atoms. The van der Waals surface area contributed by atoms with Crippen molar-refractivity contribution in [2.24, 2.45) is 0 Å². The third-order valence-corrected chi connectivity index (χ3v) is 4.81. The number of benzene rings is 1. The molecule has 1 amide bonds. The highest BCUT2D eigenvalue weighted by atomic mass is 79.9. The highest BCUT2D eigenvalue weighted by Crippen LogP contribution is 2.18. The van der Waals surface area contributed by atoms with Gasteiger partial charge in [0.25, 0.3) is 5.95 Å². The van der Waals surface area contributed by atoms with Crippen LogP contribution in [-0.4, -0.2) is 25.7 Å². The second-order valence-electron chi connectivity index (χ2n) is 6.74. The van der Waals surface area contributed by atoms with Crippen molar-refractivity contribution in [1.29, 1.82) is 0 Å². The molecule has 8 heteroatoms. The van der Waals surface area contributed by atoms with Crippen molar-refractivity contribution >= 4 is 21.8 Å². The van der Waals surface area contributed by atoms with Gasteiger partial charge in [-0.2, -0.15) is 5.10 Å². The summed E-state index contributed by atoms with van der Waals surface area (Å²) < 4.78 is 15.8. The van der Waals surface area contributed by atoms with Crippen LogP contribution in [0.3, 0.4) is 0 Å². The Morgan fingerprint density at radius 3 is 2.43 bits per heavy atom. The van der Waals surface area contributed by atoms with Gasteiger partial charge in [0.15, 0.2) is 0 Å². The van der Waals surface area contributed by atoms with Crippen LogP contribution in [0.15, 0.2) is 28.7 Å². The molecule has 0 aliphatic rings. The number of hydrogen-bond donors (Lipinski definition) is 1. The van der Waals surface area contributed by atoms with Gasteiger partial charge in [0.05, 0.1) is 12.1 Å². The first-order valence-corrected chi connectivity index (χ1v) is 9.61. The van der Waals surface area contributed by atoms with E-state index in [0.717, 1.165) is 28.3 Å². The Labute approximate surface area is 171 Å². The first kappa shape index (κ1) is 20.1. The lowest BCUT2D eigenvalue weighted by Crippen LogP contribution is -2.25. The molecule has 1 N–H and O–H groups in total. The molecule has 0 bridgehead atoms. The summed E-state index contributed by atoms with van der Waals surface area (Å²) in [6, 6.07) is 6.45. The standard InChI is InChI=1S/C20H21BrFN5O/c1-11-5-12(2)25-20(24-11)27-14(4)18(13(3)26-27)9-19(28)23-10-15-6-16(21)8-17(22)7-15/h5-8H,9-10H2,1-4H3,(H,23,28). The van der Waals surface area contributed by atoms with Crippen LogP contribution in [0.4, 0.5) is 4.39 Å². The zero-order valence-electron chi connectivity index (χ0n) is 16.2. The topological polar surface area (TPSA) is 72.7 Å². The van der Waals surface area contributed by atoms with Gasteiger partial charge in [0.1, 0.15) is 5.82 Å². The van der Waals surface area contributed by atoms with Crippen LogP contribution in [-0.2, 0) is 17.8 Å². The van der Waals surface area contributed by atoms with Gasteiger partial charge in [-0.25, -0.2) is 19.0 Å². The minimum Gasteiger partial charge on any atom is -0.352 e. The van der Waals surface area contributed by atoms with Crippen molar-refractivity contribution in [2.75, 3.05) is 0 Å². The molecule has 0 spiro atoms. The van der Waals surface area contributed by atoms with Crippen molar-refractivity contribution in [3.05, 3.63) is 68.5 Å². The van der Waals surface area contributed by atoms with Crippen LogP contribution < -0.4 is 5.32 Å². The predicted molar refractivity (Wildman–Crippen MR) is 108 cm³/mol. The van der Waals surface area contributed by atoms with Gasteiger partial charge < -0.3 is 5.32 Å². The largest absolute Gasteiger partial charge is 0.352 e. The first-order chi connectivity index (χ1) is 13.2. The lowest BCUT2D eigenvalue weighted by atomic mass is 10.1. The quantitative estimate of drug-likeness (QED) is 0.650. The van der Waals surface area contributed by atoms with Crippen molar-refractivity contribution in [1.82, 2.24) is 25.1 Å². The van der Waals surface area contributed by atoms with E-state index in [1.165, 1.54) is 12.1 Å². The Morgan fingerprint density at radius 1 is 1.11 bits per heavy atom. The maximum absolute atomic E-state index is 13.5. The van der Waals surface area contributed by atoms with Crippen LogP contribution in [0.25, 0.3) is 5.95 Å². The number of amides is 1. The Morgan fingerprint density at radius 2 is 1.79 bits per heavy atom. The molecule has 146 valence electrons. The fraction of sp³-hybridized carbons (Fsp3) is 0.300. The molecule has 3 rings (SSSR count). The second-order valence-corrected chi connectivity index (χ2v) is 7.66. The van der Waals surface area contributed by atoms with Gasteiger partial charge >= 0.3 is 0 Å². The molecule has 2 heterocycles. The summed E-state index contributed by atoms with van der Waals surface area (Å²) >= 11 is 3.25. The lowest BCUT2D eigenvalue weighted by Gasteiger charge is -2.08. The Balaban J connectivity index is 1.75. The molecule has 0 fully saturated rings. The van der Waals surface area contributed by atoms with Crippen LogP contribution >= 0.6 is 15.9 Å². The number of hydrogen-bond acceptors (Lipinski definition) is 4. The van der Waals surface area contributed by atoms with E-state index in [0.29, 0.717) is 16.0 Å². The lowest BCUT2D eigenvalue weighted by molar-refractivity contribution is -0.120. The minimum absolute atomic E-state index is 0.160. The van der Waals surface area contributed by atoms with E-state index in [2.05, 4.69) is 36.3 Å². The maximum atomic E-state index is 13.5. The number of nitrogens with one attached hydrogen (secondary N) is 1. The summed E-state index contributed by atoms with van der Waals surface area (Å²) in [7, 11) is 0. The van der Waals surface area contributed by atoms with Gasteiger partial charge in [0.2, 0.25) is 5.91 Å². The Bertz CT molecular complexity index is 1010. The number of nitrogens with zero attached hydrogens (tertiary/aromatic N) is 4. The number of aryl methyl sites for hydroxylation is 3. The monoisotopic (exact) mass is 445 g/mol. The molecule has 3 aromatic rings. The van der Waals surface area contributed by atoms with Crippen LogP contribution in [0.1, 0.15) is 33.9 Å². The zero-order valence-corrected chi connectivity index (χ0v) is 17.8. The molecular formula is C20H21BrFN5O. The molecule has 0 saturated heterocycles. The highest BCUT2D eigenvalue weighted by Gasteiger charge is 2.17. The van der Waals surface area contributed by atoms with E-state index in [-0.39, 0.29) is 24.7 Å². The third-order valence-electron chi connectivity index (χ3n) is 4.35. The zero-order chi connectivity index (χ0) is 20.4. The minimum atomic E-state index is -0.347. The molecule has 0 atom stereocenters. The van der Waals surface area contributed by atoms with Crippen LogP contribution in [0, 0.1) is 33.5 Å². The average Bonchev–Trinajstić information content (AvgIpc) is 2.86. The summed E-state index contributed by atoms with van der Waals surface area (Å²) in [6.07, 6.45) is 0.180. The third kappa shape index (κ3) is 4.62. The highest BCUT2D eigenvalue weighted by molar-refractivity contribution is 9.10. The number of aromatic nitrogens is 4. The fourth-order valence-electron chi connectivity index (χ4n) is 3.06. The molecule has 0 aliphatic carbocycles. The van der Waals surface area contributed by atoms with Crippen molar-refractivity contribution in [3.8, 4) is 5.95 Å². The molecule has 0 saturated carbocycles. The van der Waals surface area contributed by atoms with Gasteiger partial charge in [-0.05, 0) is 57.5 Å². The van der Waals surface area contributed by atoms with Crippen molar-refractivity contribution in [3.63, 3.8) is 0 Å². The summed E-state index contributed by atoms with van der Waals surface area (Å²) in [5.74, 6) is -0.0121. The van der Waals surface area contributed by atoms with Crippen LogP contribution in [0.2, 0.25) is 0 Å². The second kappa shape index (κ2) is 8.18. The summed E-state index contributed by atoms with van der Waals surface area (Å²) in [6.45, 7) is 7.82. The Hall–Kier alpha value is -2.61. The van der Waals surface area contributed by atoms with Gasteiger partial charge in [0, 0.05) is 33.7 Å². The van der Waals surface area contributed by atoms with E-state index in [1.54, 1.807) is 10.7 Å². The number of halogens is 2. The van der Waals surface area contributed by atoms with E-state index in [1.807, 2.05) is 33.8 Å². The van der Waals surface area contributed by atoms with Crippen LogP contribution in [0.5, 0.6) is 0 Å². The first-order valence-electron chi connectivity index (χ1n) is 8.82. The molecule has 6 nitrogen and oxygen atoms in total. The smallest absolute Gasteiger partial charge is 0.251 e. The summed E-state index contributed by atoms with van der Waals surface area (Å²) in [5.41, 5.74) is 4.81. The normalized spacial score (nSPS) is 10.9. The van der Waals surface area contributed by atoms with E-state index < -0.39 is 0 Å². The molecule has 2 aromatic heterocycles. The summed E-state index contributed by atoms with van der Waals surface area (Å²) in [5, 5.41) is 7.34. The molecule has 0 unspecified atom stereocenters. The fourth-order valence-corrected chi connectivity index (χ4v) is 3.58. The van der Waals surface area contributed by atoms with E-state index in [9.17, 15) is 9.18 Å². The molecule has 1 aromatic carbocycles. The van der Waals surface area contributed by atoms with E-state index >= 15 is 0 Å². The van der Waals surface area contributed by atoms with Crippen molar-refractivity contribution < 1.29 is 9.18 Å². The number of carbonyl (C=O) groups excluding carboxylic acids is 1. The van der Waals surface area contributed by atoms with Crippen molar-refractivity contribution in [2.45, 2.75) is 40.7 Å². The van der Waals surface area contributed by atoms with Gasteiger partial charge in [-0.1, -0.05) is 15.9 Å². The maximum Gasteiger partial charge on any atom is 0.251 e. The van der Waals surface area contributed by atoms with Gasteiger partial charge in [-0.3, -0.25) is 4.79 Å². The van der Waals surface area contributed by atoms with E-state index in [4.69, 9.17) is 0 Å². The van der Waals surface area contributed by atoms with Gasteiger partial charge in [-0.15, -0.1) is 0 Å². The Kier molecular flexibility index (Phi) is 5.88. The number of rotatable bonds is 5. The average molecular weight is 446 g/mol. The predicted octanol–water partition coefficient (Wildman–Crippen LogP) is 3.66. The summed E-state index contributed by atoms with van der Waals surface area (Å²) in [4.78, 5) is 21.3. The SMILES string of the molecule is Cc1cc(C)nc(-n2nc(C)c(CC(=O)NCc3cc(F)cc(Br)c3)c2C)n1. The molecule has 0 aliphatic heterocycles.